The van der Waals surface area contributed by atoms with E-state index in [1.807, 2.05) is 18.2 Å². The van der Waals surface area contributed by atoms with Crippen LogP contribution in [0.25, 0.3) is 11.1 Å². The predicted molar refractivity (Wildman–Crippen MR) is 121 cm³/mol. The van der Waals surface area contributed by atoms with Gasteiger partial charge in [-0.25, -0.2) is 0 Å². The van der Waals surface area contributed by atoms with E-state index >= 15 is 0 Å². The third-order valence-corrected chi connectivity index (χ3v) is 7.27. The summed E-state index contributed by atoms with van der Waals surface area (Å²) in [5, 5.41) is 6.73. The second-order valence-electron chi connectivity index (χ2n) is 9.20. The molecular weight excluding hydrogens is 400 g/mol. The molecular formula is C23H33ClN4O2. The van der Waals surface area contributed by atoms with Crippen LogP contribution in [-0.2, 0) is 0 Å². The van der Waals surface area contributed by atoms with Crippen LogP contribution in [0.4, 0.5) is 6.01 Å². The normalized spacial score (nSPS) is 27.4. The van der Waals surface area contributed by atoms with Crippen LogP contribution in [0.15, 0.2) is 22.6 Å². The molecule has 30 heavy (non-hydrogen) atoms. The van der Waals surface area contributed by atoms with Gasteiger partial charge in [0, 0.05) is 24.2 Å². The summed E-state index contributed by atoms with van der Waals surface area (Å²) in [6.07, 6.45) is 12.0. The first kappa shape index (κ1) is 21.4. The van der Waals surface area contributed by atoms with Gasteiger partial charge in [0.2, 0.25) is 0 Å². The molecule has 1 amide bonds. The van der Waals surface area contributed by atoms with E-state index in [0.717, 1.165) is 25.7 Å². The fraction of sp³-hybridized carbons (Fsp3) is 0.652. The Labute approximate surface area is 184 Å². The maximum absolute atomic E-state index is 13.1. The zero-order chi connectivity index (χ0) is 19.8. The molecule has 1 aliphatic carbocycles. The molecule has 0 spiro atoms. The van der Waals surface area contributed by atoms with Gasteiger partial charge in [-0.05, 0) is 57.7 Å². The molecule has 2 N–H and O–H groups in total. The monoisotopic (exact) mass is 432 g/mol. The van der Waals surface area contributed by atoms with Crippen molar-refractivity contribution in [2.75, 3.05) is 12.4 Å². The van der Waals surface area contributed by atoms with E-state index in [4.69, 9.17) is 4.42 Å². The van der Waals surface area contributed by atoms with Crippen LogP contribution in [0, 0.1) is 0 Å². The lowest BCUT2D eigenvalue weighted by Gasteiger charge is -2.47. The highest BCUT2D eigenvalue weighted by Crippen LogP contribution is 2.33. The number of amides is 1. The number of nitrogens with zero attached hydrogens (tertiary/aromatic N) is 2. The topological polar surface area (TPSA) is 70.4 Å². The molecule has 164 valence electrons. The van der Waals surface area contributed by atoms with E-state index in [1.165, 1.54) is 38.5 Å². The first-order chi connectivity index (χ1) is 14.2. The predicted octanol–water partition coefficient (Wildman–Crippen LogP) is 4.74. The number of aromatic nitrogens is 1. The molecule has 1 aromatic carbocycles. The summed E-state index contributed by atoms with van der Waals surface area (Å²) >= 11 is 0. The number of carbonyl (C=O) groups is 1. The zero-order valence-electron chi connectivity index (χ0n) is 17.7. The van der Waals surface area contributed by atoms with Crippen molar-refractivity contribution in [2.45, 2.75) is 88.4 Å². The highest BCUT2D eigenvalue weighted by molar-refractivity contribution is 6.04. The van der Waals surface area contributed by atoms with Crippen molar-refractivity contribution < 1.29 is 9.21 Å². The minimum atomic E-state index is -0.0271. The fourth-order valence-corrected chi connectivity index (χ4v) is 5.61. The first-order valence-electron chi connectivity index (χ1n) is 11.4. The number of nitrogens with one attached hydrogen (secondary N) is 2. The number of rotatable bonds is 4. The van der Waals surface area contributed by atoms with E-state index in [9.17, 15) is 4.79 Å². The Hall–Kier alpha value is -1.79. The molecule has 2 unspecified atom stereocenters. The fourth-order valence-electron chi connectivity index (χ4n) is 5.61. The number of para-hydroxylation sites is 1. The Bertz CT molecular complexity index is 865. The summed E-state index contributed by atoms with van der Waals surface area (Å²) in [6.45, 7) is 0. The van der Waals surface area contributed by atoms with Crippen molar-refractivity contribution >= 4 is 35.4 Å². The molecule has 5 rings (SSSR count). The van der Waals surface area contributed by atoms with Crippen LogP contribution in [-0.4, -0.2) is 47.0 Å². The molecule has 7 heteroatoms. The number of fused-ring (bicyclic) bond motifs is 3. The van der Waals surface area contributed by atoms with Gasteiger partial charge in [0.25, 0.3) is 11.9 Å². The number of hydrogen-bond acceptors (Lipinski definition) is 5. The van der Waals surface area contributed by atoms with Crippen molar-refractivity contribution in [3.8, 4) is 0 Å². The maximum Gasteiger partial charge on any atom is 0.295 e. The molecule has 2 aliphatic heterocycles. The van der Waals surface area contributed by atoms with Crippen molar-refractivity contribution in [3.63, 3.8) is 0 Å². The SMILES string of the molecule is CN1C2CCCC1CC(NC(=O)c1cccc3oc(NC4CCCCC4)nc13)C2.Cl. The second-order valence-corrected chi connectivity index (χ2v) is 9.20. The Morgan fingerprint density at radius 3 is 2.50 bits per heavy atom. The lowest BCUT2D eigenvalue weighted by Crippen LogP contribution is -2.55. The molecule has 3 fully saturated rings. The Balaban J connectivity index is 0.00000218. The third-order valence-electron chi connectivity index (χ3n) is 7.27. The number of halogens is 1. The molecule has 1 saturated carbocycles. The van der Waals surface area contributed by atoms with Gasteiger partial charge in [0.1, 0.15) is 5.52 Å². The standard InChI is InChI=1S/C23H32N4O2.ClH/c1-27-17-9-5-10-18(27)14-16(13-17)24-22(28)19-11-6-12-20-21(19)26-23(29-20)25-15-7-3-2-4-8-15;/h6,11-12,15-18H,2-5,7-10,13-14H2,1H3,(H,24,28)(H,25,26);1H. The van der Waals surface area contributed by atoms with Crippen LogP contribution in [0.1, 0.15) is 74.6 Å². The van der Waals surface area contributed by atoms with E-state index in [1.54, 1.807) is 0 Å². The second kappa shape index (κ2) is 9.15. The quantitative estimate of drug-likeness (QED) is 0.730. The van der Waals surface area contributed by atoms with Crippen LogP contribution in [0.2, 0.25) is 0 Å². The van der Waals surface area contributed by atoms with Crippen LogP contribution >= 0.6 is 12.4 Å². The lowest BCUT2D eigenvalue weighted by atomic mass is 9.82. The molecule has 6 nitrogen and oxygen atoms in total. The van der Waals surface area contributed by atoms with Gasteiger partial charge in [-0.2, -0.15) is 4.98 Å². The van der Waals surface area contributed by atoms with Crippen molar-refractivity contribution in [3.05, 3.63) is 23.8 Å². The summed E-state index contributed by atoms with van der Waals surface area (Å²) in [4.78, 5) is 20.3. The Morgan fingerprint density at radius 2 is 1.77 bits per heavy atom. The summed E-state index contributed by atoms with van der Waals surface area (Å²) in [7, 11) is 2.24. The van der Waals surface area contributed by atoms with Gasteiger partial charge in [-0.1, -0.05) is 31.7 Å². The van der Waals surface area contributed by atoms with Crippen LogP contribution in [0.5, 0.6) is 0 Å². The van der Waals surface area contributed by atoms with Gasteiger partial charge >= 0.3 is 0 Å². The van der Waals surface area contributed by atoms with Crippen molar-refractivity contribution in [2.24, 2.45) is 0 Å². The maximum atomic E-state index is 13.1. The summed E-state index contributed by atoms with van der Waals surface area (Å²) < 4.78 is 5.92. The first-order valence-corrected chi connectivity index (χ1v) is 11.4. The minimum Gasteiger partial charge on any atom is -0.424 e. The number of carbonyl (C=O) groups excluding carboxylic acids is 1. The third kappa shape index (κ3) is 4.30. The lowest BCUT2D eigenvalue weighted by molar-refractivity contribution is 0.0463. The molecule has 2 saturated heterocycles. The average Bonchev–Trinajstić information content (AvgIpc) is 3.12. The van der Waals surface area contributed by atoms with E-state index in [2.05, 4.69) is 27.6 Å². The summed E-state index contributed by atoms with van der Waals surface area (Å²) in [6, 6.07) is 8.05. The summed E-state index contributed by atoms with van der Waals surface area (Å²) in [5.74, 6) is -0.0271. The van der Waals surface area contributed by atoms with Gasteiger partial charge < -0.3 is 20.0 Å². The van der Waals surface area contributed by atoms with Crippen LogP contribution < -0.4 is 10.6 Å². The van der Waals surface area contributed by atoms with E-state index in [0.29, 0.717) is 40.8 Å². The minimum absolute atomic E-state index is 0. The number of anilines is 1. The number of hydrogen-bond donors (Lipinski definition) is 2. The van der Waals surface area contributed by atoms with Gasteiger partial charge in [-0.3, -0.25) is 4.79 Å². The smallest absolute Gasteiger partial charge is 0.295 e. The molecule has 3 heterocycles. The number of oxazole rings is 1. The van der Waals surface area contributed by atoms with Crippen molar-refractivity contribution in [1.82, 2.24) is 15.2 Å². The highest BCUT2D eigenvalue weighted by atomic mass is 35.5. The van der Waals surface area contributed by atoms with Crippen molar-refractivity contribution in [1.29, 1.82) is 0 Å². The molecule has 1 aromatic heterocycles. The summed E-state index contributed by atoms with van der Waals surface area (Å²) in [5.41, 5.74) is 1.96. The van der Waals surface area contributed by atoms with E-state index in [-0.39, 0.29) is 24.4 Å². The molecule has 0 radical (unpaired) electrons. The average molecular weight is 433 g/mol. The van der Waals surface area contributed by atoms with Gasteiger partial charge in [0.05, 0.1) is 5.56 Å². The Morgan fingerprint density at radius 1 is 1.03 bits per heavy atom. The largest absolute Gasteiger partial charge is 0.424 e. The molecule has 2 bridgehead atoms. The number of piperidine rings is 2. The number of benzene rings is 1. The zero-order valence-corrected chi connectivity index (χ0v) is 18.5. The molecule has 2 atom stereocenters. The van der Waals surface area contributed by atoms with Crippen LogP contribution in [0.3, 0.4) is 0 Å². The Kier molecular flexibility index (Phi) is 6.54. The van der Waals surface area contributed by atoms with Gasteiger partial charge in [0.15, 0.2) is 5.58 Å². The molecule has 3 aliphatic rings. The highest BCUT2D eigenvalue weighted by Gasteiger charge is 2.36. The molecule has 2 aromatic rings. The van der Waals surface area contributed by atoms with E-state index < -0.39 is 0 Å². The van der Waals surface area contributed by atoms with Gasteiger partial charge in [-0.15, -0.1) is 12.4 Å².